The molecule has 0 rings (SSSR count). The second kappa shape index (κ2) is 5.56. The van der Waals surface area contributed by atoms with Crippen LogP contribution in [-0.2, 0) is 0 Å². The molecule has 0 fully saturated rings. The first-order valence-corrected chi connectivity index (χ1v) is 4.82. The summed E-state index contributed by atoms with van der Waals surface area (Å²) in [5, 5.41) is 16.2. The van der Waals surface area contributed by atoms with Gasteiger partial charge in [0, 0.05) is 6.42 Å². The molecule has 0 saturated carbocycles. The summed E-state index contributed by atoms with van der Waals surface area (Å²) in [6.07, 6.45) is 2.57. The average molecular weight is 214 g/mol. The van der Waals surface area contributed by atoms with Crippen LogP contribution < -0.4 is 0 Å². The molecule has 2 nitrogen and oxygen atoms in total. The zero-order valence-corrected chi connectivity index (χ0v) is 8.27. The average Bonchev–Trinajstić information content (AvgIpc) is 2.02. The highest BCUT2D eigenvalue weighted by Gasteiger charge is 2.52. The molecule has 14 heavy (non-hydrogen) atoms. The molecule has 0 heterocycles. The fraction of sp³-hybridized carbons (Fsp3) is 1.00. The summed E-state index contributed by atoms with van der Waals surface area (Å²) in [5.41, 5.74) is 0. The van der Waals surface area contributed by atoms with E-state index in [-0.39, 0.29) is 6.42 Å². The van der Waals surface area contributed by atoms with Crippen molar-refractivity contribution in [3.05, 3.63) is 0 Å². The molecule has 0 aromatic heterocycles. The molecule has 0 unspecified atom stereocenters. The molecule has 0 aliphatic carbocycles. The molecule has 0 spiro atoms. The minimum Gasteiger partial charge on any atom is -0.335 e. The first-order chi connectivity index (χ1) is 6.31. The highest BCUT2D eigenvalue weighted by atomic mass is 19.3. The quantitative estimate of drug-likeness (QED) is 0.505. The normalized spacial score (nSPS) is 13.3. The van der Waals surface area contributed by atoms with E-state index < -0.39 is 18.4 Å². The lowest BCUT2D eigenvalue weighted by molar-refractivity contribution is -0.368. The molecule has 0 saturated heterocycles. The Kier molecular flexibility index (Phi) is 5.44. The molecular weight excluding hydrogens is 197 g/mol. The van der Waals surface area contributed by atoms with E-state index in [1.807, 2.05) is 6.92 Å². The van der Waals surface area contributed by atoms with Crippen LogP contribution in [0.5, 0.6) is 0 Å². The second-order valence-corrected chi connectivity index (χ2v) is 3.46. The van der Waals surface area contributed by atoms with E-state index in [1.165, 1.54) is 0 Å². The van der Waals surface area contributed by atoms with Crippen LogP contribution in [0.25, 0.3) is 0 Å². The van der Waals surface area contributed by atoms with Crippen molar-refractivity contribution in [3.8, 4) is 0 Å². The predicted octanol–water partition coefficient (Wildman–Crippen LogP) is 2.59. The Bertz CT molecular complexity index is 155. The van der Waals surface area contributed by atoms with Gasteiger partial charge in [0.1, 0.15) is 0 Å². The van der Waals surface area contributed by atoms with Crippen molar-refractivity contribution in [3.63, 3.8) is 0 Å². The molecule has 0 radical (unpaired) electrons. The van der Waals surface area contributed by atoms with Crippen molar-refractivity contribution in [1.29, 1.82) is 0 Å². The number of rotatable bonds is 7. The fourth-order valence-corrected chi connectivity index (χ4v) is 1.11. The summed E-state index contributed by atoms with van der Waals surface area (Å²) < 4.78 is 37.2. The predicted molar refractivity (Wildman–Crippen MR) is 46.6 cm³/mol. The van der Waals surface area contributed by atoms with Gasteiger partial charge in [0.15, 0.2) is 0 Å². The fourth-order valence-electron chi connectivity index (χ4n) is 1.11. The first-order valence-electron chi connectivity index (χ1n) is 4.82. The maximum absolute atomic E-state index is 12.6. The Balaban J connectivity index is 3.67. The minimum atomic E-state index is -4.39. The van der Waals surface area contributed by atoms with Crippen LogP contribution in [0.4, 0.5) is 13.2 Å². The number of alkyl halides is 3. The van der Waals surface area contributed by atoms with Crippen LogP contribution in [0.15, 0.2) is 0 Å². The second-order valence-electron chi connectivity index (χ2n) is 3.46. The van der Waals surface area contributed by atoms with E-state index in [0.29, 0.717) is 6.42 Å². The van der Waals surface area contributed by atoms with Crippen molar-refractivity contribution >= 4 is 0 Å². The zero-order chi connectivity index (χ0) is 11.2. The lowest BCUT2D eigenvalue weighted by Crippen LogP contribution is -2.43. The van der Waals surface area contributed by atoms with Gasteiger partial charge < -0.3 is 10.2 Å². The van der Waals surface area contributed by atoms with Crippen LogP contribution >= 0.6 is 0 Å². The number of halogens is 3. The van der Waals surface area contributed by atoms with Gasteiger partial charge in [-0.25, -0.2) is 0 Å². The number of unbranched alkanes of at least 4 members (excludes halogenated alkanes) is 4. The largest absolute Gasteiger partial charge is 0.380 e. The lowest BCUT2D eigenvalue weighted by Gasteiger charge is -2.22. The monoisotopic (exact) mass is 214 g/mol. The maximum atomic E-state index is 12.6. The molecule has 0 aromatic rings. The molecule has 0 aliphatic heterocycles. The Labute approximate surface area is 81.7 Å². The third-order valence-corrected chi connectivity index (χ3v) is 2.06. The Morgan fingerprint density at radius 3 is 1.86 bits per heavy atom. The molecular formula is C9H17F3O2. The van der Waals surface area contributed by atoms with Crippen LogP contribution in [-0.4, -0.2) is 22.2 Å². The summed E-state index contributed by atoms with van der Waals surface area (Å²) in [7, 11) is 0. The van der Waals surface area contributed by atoms with Crippen LogP contribution in [0.1, 0.15) is 45.4 Å². The Morgan fingerprint density at radius 2 is 1.43 bits per heavy atom. The van der Waals surface area contributed by atoms with E-state index in [9.17, 15) is 13.2 Å². The minimum absolute atomic E-state index is 0.0970. The van der Waals surface area contributed by atoms with E-state index in [1.54, 1.807) is 0 Å². The first kappa shape index (κ1) is 13.7. The van der Waals surface area contributed by atoms with Crippen LogP contribution in [0.3, 0.4) is 0 Å². The van der Waals surface area contributed by atoms with Gasteiger partial charge in [-0.2, -0.15) is 13.2 Å². The molecule has 0 aromatic carbocycles. The van der Waals surface area contributed by atoms with Gasteiger partial charge in [0.2, 0.25) is 0 Å². The number of aliphatic hydroxyl groups is 2. The van der Waals surface area contributed by atoms with Crippen LogP contribution in [0, 0.1) is 0 Å². The van der Waals surface area contributed by atoms with Crippen LogP contribution in [0.2, 0.25) is 0 Å². The highest BCUT2D eigenvalue weighted by molar-refractivity contribution is 4.74. The van der Waals surface area contributed by atoms with Crippen molar-refractivity contribution in [1.82, 2.24) is 0 Å². The van der Waals surface area contributed by atoms with Gasteiger partial charge in [-0.15, -0.1) is 0 Å². The van der Waals surface area contributed by atoms with Gasteiger partial charge in [0.05, 0.1) is 0 Å². The van der Waals surface area contributed by atoms with E-state index >= 15 is 0 Å². The van der Waals surface area contributed by atoms with Gasteiger partial charge in [-0.05, 0) is 6.42 Å². The number of hydrogen-bond donors (Lipinski definition) is 2. The summed E-state index contributed by atoms with van der Waals surface area (Å²) in [6, 6.07) is -4.39. The van der Waals surface area contributed by atoms with Gasteiger partial charge >= 0.3 is 12.0 Å². The SMILES string of the molecule is CCCCCCCC(F)(F)C(O)(O)F. The van der Waals surface area contributed by atoms with Gasteiger partial charge in [0.25, 0.3) is 0 Å². The summed E-state index contributed by atoms with van der Waals surface area (Å²) >= 11 is 0. The number of hydrogen-bond acceptors (Lipinski definition) is 2. The smallest absolute Gasteiger partial charge is 0.335 e. The van der Waals surface area contributed by atoms with E-state index in [0.717, 1.165) is 19.3 Å². The van der Waals surface area contributed by atoms with E-state index in [4.69, 9.17) is 10.2 Å². The summed E-state index contributed by atoms with van der Waals surface area (Å²) in [5.74, 6) is -4.07. The molecule has 0 bridgehead atoms. The zero-order valence-electron chi connectivity index (χ0n) is 8.27. The maximum Gasteiger partial charge on any atom is 0.380 e. The third kappa shape index (κ3) is 4.81. The topological polar surface area (TPSA) is 40.5 Å². The van der Waals surface area contributed by atoms with Gasteiger partial charge in [-0.1, -0.05) is 32.6 Å². The Hall–Kier alpha value is -0.290. The molecule has 86 valence electrons. The standard InChI is InChI=1S/C9H17F3O2/c1-2-3-4-5-6-7-8(10,11)9(12,13)14/h13-14H,2-7H2,1H3. The highest BCUT2D eigenvalue weighted by Crippen LogP contribution is 2.33. The molecule has 2 N–H and O–H groups in total. The summed E-state index contributed by atoms with van der Waals surface area (Å²) in [4.78, 5) is 0. The van der Waals surface area contributed by atoms with Crippen molar-refractivity contribution < 1.29 is 23.4 Å². The van der Waals surface area contributed by atoms with Crippen molar-refractivity contribution in [2.24, 2.45) is 0 Å². The van der Waals surface area contributed by atoms with Gasteiger partial charge in [-0.3, -0.25) is 0 Å². The summed E-state index contributed by atoms with van der Waals surface area (Å²) in [6.45, 7) is 1.99. The van der Waals surface area contributed by atoms with E-state index in [2.05, 4.69) is 0 Å². The molecule has 0 amide bonds. The Morgan fingerprint density at radius 1 is 0.929 bits per heavy atom. The van der Waals surface area contributed by atoms with Crippen molar-refractivity contribution in [2.75, 3.05) is 0 Å². The lowest BCUT2D eigenvalue weighted by atomic mass is 10.1. The van der Waals surface area contributed by atoms with Crippen molar-refractivity contribution in [2.45, 2.75) is 57.4 Å². The molecule has 5 heteroatoms. The molecule has 0 atom stereocenters. The third-order valence-electron chi connectivity index (χ3n) is 2.06. The molecule has 0 aliphatic rings.